The Morgan fingerprint density at radius 2 is 1.94 bits per heavy atom. The molecule has 3 heteroatoms. The molecule has 0 saturated carbocycles. The Balaban J connectivity index is 2.54. The predicted octanol–water partition coefficient (Wildman–Crippen LogP) is 2.39. The fourth-order valence-corrected chi connectivity index (χ4v) is 1.62. The molecule has 1 amide bonds. The van der Waals surface area contributed by atoms with Gasteiger partial charge in [-0.3, -0.25) is 10.1 Å². The molecule has 0 fully saturated rings. The number of nitrogens with one attached hydrogen (secondary N) is 2. The maximum Gasteiger partial charge on any atom is 0.221 e. The normalized spacial score (nSPS) is 11.9. The van der Waals surface area contributed by atoms with Crippen molar-refractivity contribution >= 4 is 11.6 Å². The molecule has 2 N–H and O–H groups in total. The molecule has 0 aromatic heterocycles. The quantitative estimate of drug-likeness (QED) is 0.781. The highest BCUT2D eigenvalue weighted by Gasteiger charge is 2.08. The predicted molar refractivity (Wildman–Crippen MR) is 75.0 cm³/mol. The minimum absolute atomic E-state index is 0.0620. The van der Waals surface area contributed by atoms with Gasteiger partial charge in [-0.2, -0.15) is 0 Å². The Bertz CT molecular complexity index is 429. The average molecular weight is 244 g/mol. The molecule has 0 aliphatic rings. The van der Waals surface area contributed by atoms with E-state index < -0.39 is 0 Å². The third-order valence-corrected chi connectivity index (χ3v) is 2.65. The molecule has 1 rings (SSSR count). The summed E-state index contributed by atoms with van der Waals surface area (Å²) in [7, 11) is 0. The van der Waals surface area contributed by atoms with Crippen molar-refractivity contribution in [2.75, 3.05) is 5.32 Å². The molecule has 96 valence electrons. The standard InChI is InChI=1S/C15H20N2O/c1-5-15(11(2)3)16-10-13-6-8-14(9-7-13)17-12(4)18/h1,6-9,11,15-16H,10H2,2-4H3,(H,17,18). The van der Waals surface area contributed by atoms with Crippen molar-refractivity contribution in [3.8, 4) is 12.3 Å². The Kier molecular flexibility index (Phi) is 5.41. The van der Waals surface area contributed by atoms with E-state index >= 15 is 0 Å². The van der Waals surface area contributed by atoms with Crippen LogP contribution in [-0.2, 0) is 11.3 Å². The van der Waals surface area contributed by atoms with Gasteiger partial charge >= 0.3 is 0 Å². The van der Waals surface area contributed by atoms with Crippen molar-refractivity contribution in [1.82, 2.24) is 5.32 Å². The summed E-state index contributed by atoms with van der Waals surface area (Å²) in [5.74, 6) is 3.09. The van der Waals surface area contributed by atoms with Crippen LogP contribution in [0.3, 0.4) is 0 Å². The van der Waals surface area contributed by atoms with Crippen molar-refractivity contribution in [3.63, 3.8) is 0 Å². The first-order valence-electron chi connectivity index (χ1n) is 6.09. The number of anilines is 1. The lowest BCUT2D eigenvalue weighted by Crippen LogP contribution is -2.31. The molecule has 18 heavy (non-hydrogen) atoms. The monoisotopic (exact) mass is 244 g/mol. The van der Waals surface area contributed by atoms with Gasteiger partial charge < -0.3 is 5.32 Å². The van der Waals surface area contributed by atoms with Crippen LogP contribution in [0.2, 0.25) is 0 Å². The van der Waals surface area contributed by atoms with Gasteiger partial charge in [0.2, 0.25) is 5.91 Å². The van der Waals surface area contributed by atoms with E-state index in [0.717, 1.165) is 17.8 Å². The van der Waals surface area contributed by atoms with Gasteiger partial charge in [-0.15, -0.1) is 6.42 Å². The van der Waals surface area contributed by atoms with Crippen molar-refractivity contribution in [2.45, 2.75) is 33.4 Å². The average Bonchev–Trinajstić information content (AvgIpc) is 2.31. The van der Waals surface area contributed by atoms with Crippen LogP contribution in [0.15, 0.2) is 24.3 Å². The fraction of sp³-hybridized carbons (Fsp3) is 0.400. The molecule has 0 saturated heterocycles. The molecule has 0 radical (unpaired) electrons. The lowest BCUT2D eigenvalue weighted by molar-refractivity contribution is -0.114. The number of hydrogen-bond donors (Lipinski definition) is 2. The number of hydrogen-bond acceptors (Lipinski definition) is 2. The van der Waals surface area contributed by atoms with Gasteiger partial charge in [-0.05, 0) is 23.6 Å². The molecule has 0 aliphatic heterocycles. The molecule has 0 spiro atoms. The molecule has 1 aromatic rings. The zero-order valence-electron chi connectivity index (χ0n) is 11.2. The van der Waals surface area contributed by atoms with Crippen LogP contribution in [0.1, 0.15) is 26.3 Å². The Hall–Kier alpha value is -1.79. The zero-order chi connectivity index (χ0) is 13.5. The van der Waals surface area contributed by atoms with Crippen LogP contribution in [0.5, 0.6) is 0 Å². The number of rotatable bonds is 5. The molecule has 1 aromatic carbocycles. The van der Waals surface area contributed by atoms with Crippen molar-refractivity contribution in [1.29, 1.82) is 0 Å². The highest BCUT2D eigenvalue weighted by atomic mass is 16.1. The van der Waals surface area contributed by atoms with Crippen LogP contribution in [-0.4, -0.2) is 11.9 Å². The van der Waals surface area contributed by atoms with Crippen LogP contribution in [0, 0.1) is 18.3 Å². The second-order valence-corrected chi connectivity index (χ2v) is 4.65. The van der Waals surface area contributed by atoms with E-state index in [1.165, 1.54) is 6.92 Å². The smallest absolute Gasteiger partial charge is 0.221 e. The maximum atomic E-state index is 10.9. The molecule has 0 aliphatic carbocycles. The highest BCUT2D eigenvalue weighted by molar-refractivity contribution is 5.88. The molecular formula is C15H20N2O. The second kappa shape index (κ2) is 6.83. The van der Waals surface area contributed by atoms with Crippen molar-refractivity contribution < 1.29 is 4.79 Å². The van der Waals surface area contributed by atoms with Gasteiger partial charge in [0.25, 0.3) is 0 Å². The Morgan fingerprint density at radius 1 is 1.33 bits per heavy atom. The summed E-state index contributed by atoms with van der Waals surface area (Å²) in [6, 6.07) is 7.82. The van der Waals surface area contributed by atoms with Gasteiger partial charge in [0.15, 0.2) is 0 Å². The number of carbonyl (C=O) groups excluding carboxylic acids is 1. The van der Waals surface area contributed by atoms with Crippen molar-refractivity contribution in [3.05, 3.63) is 29.8 Å². The highest BCUT2D eigenvalue weighted by Crippen LogP contribution is 2.10. The maximum absolute atomic E-state index is 10.9. The zero-order valence-corrected chi connectivity index (χ0v) is 11.2. The molecule has 1 atom stereocenters. The summed E-state index contributed by atoms with van der Waals surface area (Å²) >= 11 is 0. The third kappa shape index (κ3) is 4.60. The topological polar surface area (TPSA) is 41.1 Å². The van der Waals surface area contributed by atoms with E-state index in [9.17, 15) is 4.79 Å². The van der Waals surface area contributed by atoms with E-state index in [4.69, 9.17) is 6.42 Å². The lowest BCUT2D eigenvalue weighted by Gasteiger charge is -2.16. The minimum atomic E-state index is -0.0620. The number of carbonyl (C=O) groups is 1. The number of amides is 1. The summed E-state index contributed by atoms with van der Waals surface area (Å²) in [4.78, 5) is 10.9. The summed E-state index contributed by atoms with van der Waals surface area (Å²) in [5.41, 5.74) is 1.95. The van der Waals surface area contributed by atoms with E-state index in [-0.39, 0.29) is 11.9 Å². The molecule has 3 nitrogen and oxygen atoms in total. The van der Waals surface area contributed by atoms with E-state index in [0.29, 0.717) is 5.92 Å². The van der Waals surface area contributed by atoms with Gasteiger partial charge in [-0.25, -0.2) is 0 Å². The molecule has 1 unspecified atom stereocenters. The van der Waals surface area contributed by atoms with Crippen molar-refractivity contribution in [2.24, 2.45) is 5.92 Å². The number of benzene rings is 1. The number of terminal acetylenes is 1. The van der Waals surface area contributed by atoms with E-state index in [1.807, 2.05) is 24.3 Å². The first-order valence-corrected chi connectivity index (χ1v) is 6.09. The Morgan fingerprint density at radius 3 is 2.39 bits per heavy atom. The van der Waals surface area contributed by atoms with Crippen LogP contribution in [0.25, 0.3) is 0 Å². The largest absolute Gasteiger partial charge is 0.326 e. The van der Waals surface area contributed by atoms with Gasteiger partial charge in [0.1, 0.15) is 0 Å². The van der Waals surface area contributed by atoms with E-state index in [1.54, 1.807) is 0 Å². The third-order valence-electron chi connectivity index (χ3n) is 2.65. The molecular weight excluding hydrogens is 224 g/mol. The SMILES string of the molecule is C#CC(NCc1ccc(NC(C)=O)cc1)C(C)C. The summed E-state index contributed by atoms with van der Waals surface area (Å²) < 4.78 is 0. The fourth-order valence-electron chi connectivity index (χ4n) is 1.62. The Labute approximate surface area is 109 Å². The first kappa shape index (κ1) is 14.3. The van der Waals surface area contributed by atoms with Gasteiger partial charge in [0, 0.05) is 19.2 Å². The van der Waals surface area contributed by atoms with Gasteiger partial charge in [-0.1, -0.05) is 31.9 Å². The molecule has 0 bridgehead atoms. The lowest BCUT2D eigenvalue weighted by atomic mass is 10.1. The molecule has 0 heterocycles. The first-order chi connectivity index (χ1) is 8.52. The van der Waals surface area contributed by atoms with Gasteiger partial charge in [0.05, 0.1) is 6.04 Å². The summed E-state index contributed by atoms with van der Waals surface area (Å²) in [6.07, 6.45) is 5.46. The van der Waals surface area contributed by atoms with Crippen LogP contribution < -0.4 is 10.6 Å². The van der Waals surface area contributed by atoms with Crippen LogP contribution >= 0.6 is 0 Å². The summed E-state index contributed by atoms with van der Waals surface area (Å²) in [5, 5.41) is 6.06. The summed E-state index contributed by atoms with van der Waals surface area (Å²) in [6.45, 7) is 6.41. The minimum Gasteiger partial charge on any atom is -0.326 e. The second-order valence-electron chi connectivity index (χ2n) is 4.65. The van der Waals surface area contributed by atoms with E-state index in [2.05, 4.69) is 30.4 Å². The van der Waals surface area contributed by atoms with Crippen LogP contribution in [0.4, 0.5) is 5.69 Å².